The Kier molecular flexibility index (Phi) is 5.37. The van der Waals surface area contributed by atoms with Crippen molar-refractivity contribution in [3.05, 3.63) is 34.5 Å². The van der Waals surface area contributed by atoms with E-state index in [1.54, 1.807) is 0 Å². The van der Waals surface area contributed by atoms with Crippen molar-refractivity contribution in [3.8, 4) is 40.1 Å². The van der Waals surface area contributed by atoms with Gasteiger partial charge in [-0.1, -0.05) is 0 Å². The van der Waals surface area contributed by atoms with Gasteiger partial charge in [0.2, 0.25) is 11.2 Å². The van der Waals surface area contributed by atoms with E-state index in [0.717, 1.165) is 12.1 Å². The van der Waals surface area contributed by atoms with Crippen LogP contribution >= 0.6 is 0 Å². The molecule has 0 bridgehead atoms. The van der Waals surface area contributed by atoms with Gasteiger partial charge in [0.1, 0.15) is 33.1 Å². The number of benzene rings is 2. The minimum Gasteiger partial charge on any atom is -0.872 e. The summed E-state index contributed by atoms with van der Waals surface area (Å²) < 4.78 is 36.9. The molecule has 0 aliphatic heterocycles. The number of phenolic OH excluding ortho intramolecular Hbond substituents is 3. The Balaban J connectivity index is 0.00000261. The first-order chi connectivity index (χ1) is 12.0. The molecular formula is C15H9NaO10S. The zero-order valence-corrected chi connectivity index (χ0v) is 16.3. The molecule has 0 saturated carbocycles. The van der Waals surface area contributed by atoms with Crippen molar-refractivity contribution in [2.75, 3.05) is 0 Å². The summed E-state index contributed by atoms with van der Waals surface area (Å²) in [5.41, 5.74) is -2.16. The normalized spacial score (nSPS) is 11.3. The summed E-state index contributed by atoms with van der Waals surface area (Å²) in [5, 5.41) is 50.2. The maximum Gasteiger partial charge on any atom is 1.00 e. The van der Waals surface area contributed by atoms with Gasteiger partial charge in [-0.05, 0) is 18.2 Å². The minimum atomic E-state index is -4.91. The Morgan fingerprint density at radius 3 is 2.15 bits per heavy atom. The predicted octanol–water partition coefficient (Wildman–Crippen LogP) is -2.39. The fourth-order valence-corrected chi connectivity index (χ4v) is 2.98. The topological polar surface area (TPSA) is 189 Å². The summed E-state index contributed by atoms with van der Waals surface area (Å²) in [7, 11) is -4.91. The second-order valence-electron chi connectivity index (χ2n) is 5.24. The van der Waals surface area contributed by atoms with E-state index in [-0.39, 0.29) is 29.6 Å². The van der Waals surface area contributed by atoms with Crippen molar-refractivity contribution >= 4 is 21.1 Å². The van der Waals surface area contributed by atoms with E-state index in [9.17, 15) is 38.7 Å². The largest absolute Gasteiger partial charge is 1.00 e. The minimum absolute atomic E-state index is 0. The number of hydrogen-bond acceptors (Lipinski definition) is 9. The summed E-state index contributed by atoms with van der Waals surface area (Å²) >= 11 is 0. The molecule has 5 N–H and O–H groups in total. The van der Waals surface area contributed by atoms with Crippen LogP contribution in [0.4, 0.5) is 0 Å². The quantitative estimate of drug-likeness (QED) is 0.228. The van der Waals surface area contributed by atoms with E-state index in [0.29, 0.717) is 12.1 Å². The van der Waals surface area contributed by atoms with E-state index >= 15 is 0 Å². The van der Waals surface area contributed by atoms with Crippen LogP contribution in [0, 0.1) is 0 Å². The van der Waals surface area contributed by atoms with Crippen LogP contribution in [0.3, 0.4) is 0 Å². The van der Waals surface area contributed by atoms with E-state index in [1.807, 2.05) is 0 Å². The monoisotopic (exact) mass is 404 g/mol. The Morgan fingerprint density at radius 1 is 0.926 bits per heavy atom. The number of rotatable bonds is 2. The molecular weight excluding hydrogens is 395 g/mol. The van der Waals surface area contributed by atoms with Gasteiger partial charge in [-0.3, -0.25) is 9.35 Å². The van der Waals surface area contributed by atoms with Gasteiger partial charge in [-0.2, -0.15) is 8.42 Å². The van der Waals surface area contributed by atoms with Crippen molar-refractivity contribution in [2.24, 2.45) is 0 Å². The van der Waals surface area contributed by atoms with Crippen LogP contribution in [0.5, 0.6) is 28.7 Å². The van der Waals surface area contributed by atoms with E-state index in [2.05, 4.69) is 0 Å². The van der Waals surface area contributed by atoms with Gasteiger partial charge >= 0.3 is 29.6 Å². The van der Waals surface area contributed by atoms with Gasteiger partial charge in [0.15, 0.2) is 5.76 Å². The molecule has 136 valence electrons. The van der Waals surface area contributed by atoms with Crippen LogP contribution in [0.15, 0.2) is 38.4 Å². The molecule has 0 fully saturated rings. The van der Waals surface area contributed by atoms with E-state index in [4.69, 9.17) is 8.97 Å². The van der Waals surface area contributed by atoms with Crippen LogP contribution < -0.4 is 40.1 Å². The van der Waals surface area contributed by atoms with Crippen LogP contribution in [0.1, 0.15) is 0 Å². The summed E-state index contributed by atoms with van der Waals surface area (Å²) in [6, 6.07) is 2.67. The molecule has 0 unspecified atom stereocenters. The zero-order valence-electron chi connectivity index (χ0n) is 13.5. The predicted molar refractivity (Wildman–Crippen MR) is 83.8 cm³/mol. The third-order valence-electron chi connectivity index (χ3n) is 3.52. The van der Waals surface area contributed by atoms with Crippen molar-refractivity contribution in [2.45, 2.75) is 4.90 Å². The molecule has 0 amide bonds. The summed E-state index contributed by atoms with van der Waals surface area (Å²) in [6.07, 6.45) is 0. The molecule has 10 nitrogen and oxygen atoms in total. The maximum absolute atomic E-state index is 12.2. The summed E-state index contributed by atoms with van der Waals surface area (Å²) in [6.45, 7) is 0. The number of aromatic hydroxyl groups is 4. The fourth-order valence-electron chi connectivity index (χ4n) is 2.39. The van der Waals surface area contributed by atoms with Gasteiger partial charge in [0.05, 0.1) is 5.56 Å². The summed E-state index contributed by atoms with van der Waals surface area (Å²) in [4.78, 5) is 11.2. The molecule has 12 heteroatoms. The molecule has 0 radical (unpaired) electrons. The molecule has 0 spiro atoms. The maximum atomic E-state index is 12.2. The first kappa shape index (κ1) is 20.9. The van der Waals surface area contributed by atoms with Gasteiger partial charge in [-0.25, -0.2) is 0 Å². The standard InChI is InChI=1S/C15H10O10S.Na/c16-5-1-9(19)12-10(2-5)25-15(14(21)13(12)20)6-3-11(26(22,23)24)8(18)4-7(6)17;/h1-4,16-19,21H,(H,22,23,24);/q;+1/p-1. The average Bonchev–Trinajstić information content (AvgIpc) is 2.49. The van der Waals surface area contributed by atoms with Crippen molar-refractivity contribution in [1.29, 1.82) is 0 Å². The first-order valence-corrected chi connectivity index (χ1v) is 8.18. The van der Waals surface area contributed by atoms with Crippen LogP contribution in [0.2, 0.25) is 0 Å². The first-order valence-electron chi connectivity index (χ1n) is 6.74. The summed E-state index contributed by atoms with van der Waals surface area (Å²) in [5.74, 6) is -5.09. The molecule has 3 aromatic rings. The number of phenols is 3. The van der Waals surface area contributed by atoms with Gasteiger partial charge in [0.25, 0.3) is 10.1 Å². The van der Waals surface area contributed by atoms with E-state index in [1.165, 1.54) is 0 Å². The third kappa shape index (κ3) is 3.55. The van der Waals surface area contributed by atoms with Crippen molar-refractivity contribution < 1.29 is 72.5 Å². The fraction of sp³-hybridized carbons (Fsp3) is 0. The van der Waals surface area contributed by atoms with E-state index < -0.39 is 71.5 Å². The number of hydrogen-bond donors (Lipinski definition) is 5. The van der Waals surface area contributed by atoms with Crippen molar-refractivity contribution in [3.63, 3.8) is 0 Å². The van der Waals surface area contributed by atoms with Gasteiger partial charge in [0, 0.05) is 6.07 Å². The van der Waals surface area contributed by atoms with Gasteiger partial charge < -0.3 is 29.9 Å². The number of fused-ring (bicyclic) bond motifs is 1. The average molecular weight is 404 g/mol. The van der Waals surface area contributed by atoms with Gasteiger partial charge in [-0.15, -0.1) is 5.75 Å². The molecule has 0 aliphatic rings. The molecule has 27 heavy (non-hydrogen) atoms. The molecule has 2 aromatic carbocycles. The zero-order chi connectivity index (χ0) is 19.4. The Labute approximate surface area is 172 Å². The smallest absolute Gasteiger partial charge is 0.872 e. The molecule has 3 rings (SSSR count). The second kappa shape index (κ2) is 6.94. The Morgan fingerprint density at radius 2 is 1.56 bits per heavy atom. The third-order valence-corrected chi connectivity index (χ3v) is 4.41. The van der Waals surface area contributed by atoms with Crippen LogP contribution in [0.25, 0.3) is 22.3 Å². The Bertz CT molecular complexity index is 1230. The molecule has 0 atom stereocenters. The van der Waals surface area contributed by atoms with Crippen molar-refractivity contribution in [1.82, 2.24) is 0 Å². The SMILES string of the molecule is O=c1c(O)c(-c2cc(S(=O)(=O)O)c(O)cc2O)oc2cc([O-])cc(O)c12.[Na+]. The molecule has 0 aliphatic carbocycles. The van der Waals surface area contributed by atoms with Crippen LogP contribution in [-0.2, 0) is 10.1 Å². The molecule has 1 heterocycles. The Hall–Kier alpha value is -2.44. The molecule has 0 saturated heterocycles. The van der Waals surface area contributed by atoms with Crippen LogP contribution in [-0.4, -0.2) is 33.4 Å². The second-order valence-corrected chi connectivity index (χ2v) is 6.63. The molecule has 1 aromatic heterocycles.